The molecule has 0 unspecified atom stereocenters. The summed E-state index contributed by atoms with van der Waals surface area (Å²) in [6.07, 6.45) is 0. The smallest absolute Gasteiger partial charge is 0.450 e. The van der Waals surface area contributed by atoms with Crippen LogP contribution >= 0.6 is 0 Å². The summed E-state index contributed by atoms with van der Waals surface area (Å²) in [5, 5.41) is 25.5. The van der Waals surface area contributed by atoms with Crippen molar-refractivity contribution < 1.29 is 14.6 Å². The standard InChI is InChI=1S/C16H11B2O3/c19-17-21-18(20)14-8-12-6-4-10-2-1-3-11-5-7-13(9-14)16(12)15(10)11/h1-9,19-20H. The molecule has 0 aliphatic heterocycles. The molecule has 0 saturated heterocycles. The lowest BCUT2D eigenvalue weighted by Gasteiger charge is -2.13. The molecule has 2 N–H and O–H groups in total. The van der Waals surface area contributed by atoms with Crippen molar-refractivity contribution in [2.75, 3.05) is 0 Å². The van der Waals surface area contributed by atoms with Crippen LogP contribution in [-0.2, 0) is 4.57 Å². The molecule has 0 saturated carbocycles. The predicted molar refractivity (Wildman–Crippen MR) is 86.8 cm³/mol. The average Bonchev–Trinajstić information content (AvgIpc) is 2.52. The van der Waals surface area contributed by atoms with Crippen molar-refractivity contribution in [2.24, 2.45) is 0 Å². The van der Waals surface area contributed by atoms with Crippen molar-refractivity contribution in [1.82, 2.24) is 0 Å². The van der Waals surface area contributed by atoms with E-state index in [0.717, 1.165) is 10.8 Å². The van der Waals surface area contributed by atoms with Crippen LogP contribution in [0.25, 0.3) is 32.3 Å². The Labute approximate surface area is 122 Å². The second-order valence-electron chi connectivity index (χ2n) is 5.15. The highest BCUT2D eigenvalue weighted by Gasteiger charge is 2.18. The summed E-state index contributed by atoms with van der Waals surface area (Å²) >= 11 is 0. The monoisotopic (exact) mass is 273 g/mol. The van der Waals surface area contributed by atoms with Gasteiger partial charge in [0.15, 0.2) is 0 Å². The van der Waals surface area contributed by atoms with Crippen molar-refractivity contribution in [3.63, 3.8) is 0 Å². The Hall–Kier alpha value is -2.07. The Bertz CT molecular complexity index is 875. The molecule has 21 heavy (non-hydrogen) atoms. The van der Waals surface area contributed by atoms with Gasteiger partial charge in [-0.2, -0.15) is 0 Å². The first-order valence-electron chi connectivity index (χ1n) is 6.75. The SMILES string of the molecule is O[B]OB(O)c1cc2ccc3cccc4ccc(c1)c2c34. The number of benzene rings is 4. The minimum atomic E-state index is -1.17. The van der Waals surface area contributed by atoms with Crippen LogP contribution in [0.5, 0.6) is 0 Å². The van der Waals surface area contributed by atoms with Gasteiger partial charge in [0.05, 0.1) is 0 Å². The average molecular weight is 273 g/mol. The molecule has 0 spiro atoms. The third kappa shape index (κ3) is 1.90. The van der Waals surface area contributed by atoms with Gasteiger partial charge in [-0.3, -0.25) is 0 Å². The van der Waals surface area contributed by atoms with Gasteiger partial charge in [-0.05, 0) is 37.8 Å². The van der Waals surface area contributed by atoms with E-state index >= 15 is 0 Å². The van der Waals surface area contributed by atoms with E-state index in [1.165, 1.54) is 21.5 Å². The Kier molecular flexibility index (Phi) is 2.86. The van der Waals surface area contributed by atoms with Gasteiger partial charge in [0.1, 0.15) is 0 Å². The molecule has 0 heterocycles. The van der Waals surface area contributed by atoms with Gasteiger partial charge in [0, 0.05) is 0 Å². The van der Waals surface area contributed by atoms with Crippen molar-refractivity contribution in [2.45, 2.75) is 0 Å². The van der Waals surface area contributed by atoms with E-state index in [9.17, 15) is 5.02 Å². The van der Waals surface area contributed by atoms with E-state index in [1.807, 2.05) is 24.3 Å². The second kappa shape index (κ2) is 4.74. The molecule has 0 amide bonds. The van der Waals surface area contributed by atoms with Crippen LogP contribution in [0.15, 0.2) is 54.6 Å². The molecule has 99 valence electrons. The van der Waals surface area contributed by atoms with E-state index in [-0.39, 0.29) is 0 Å². The molecular formula is C16H11B2O3. The Morgan fingerprint density at radius 1 is 0.810 bits per heavy atom. The molecule has 3 nitrogen and oxygen atoms in total. The second-order valence-corrected chi connectivity index (χ2v) is 5.15. The molecule has 0 aliphatic rings. The van der Waals surface area contributed by atoms with Gasteiger partial charge in [0.2, 0.25) is 0 Å². The summed E-state index contributed by atoms with van der Waals surface area (Å²) in [5.74, 6) is 0. The molecule has 5 heteroatoms. The van der Waals surface area contributed by atoms with Crippen molar-refractivity contribution in [1.29, 1.82) is 0 Å². The van der Waals surface area contributed by atoms with Crippen LogP contribution in [0.3, 0.4) is 0 Å². The van der Waals surface area contributed by atoms with Crippen molar-refractivity contribution >= 4 is 52.6 Å². The summed E-state index contributed by atoms with van der Waals surface area (Å²) in [7, 11) is -0.661. The molecule has 4 aromatic carbocycles. The summed E-state index contributed by atoms with van der Waals surface area (Å²) < 4.78 is 4.74. The van der Waals surface area contributed by atoms with Crippen molar-refractivity contribution in [3.05, 3.63) is 54.6 Å². The highest BCUT2D eigenvalue weighted by atomic mass is 16.5. The lowest BCUT2D eigenvalue weighted by Crippen LogP contribution is -2.34. The minimum Gasteiger partial charge on any atom is -0.450 e. The maximum atomic E-state index is 9.89. The first-order valence-corrected chi connectivity index (χ1v) is 6.75. The van der Waals surface area contributed by atoms with Crippen LogP contribution in [-0.4, -0.2) is 24.9 Å². The molecule has 1 radical (unpaired) electrons. The van der Waals surface area contributed by atoms with E-state index < -0.39 is 7.12 Å². The summed E-state index contributed by atoms with van der Waals surface area (Å²) in [6.45, 7) is 0. The third-order valence-corrected chi connectivity index (χ3v) is 3.96. The Balaban J connectivity index is 2.08. The topological polar surface area (TPSA) is 49.7 Å². The van der Waals surface area contributed by atoms with Crippen LogP contribution in [0.1, 0.15) is 0 Å². The highest BCUT2D eigenvalue weighted by Crippen LogP contribution is 2.33. The van der Waals surface area contributed by atoms with Gasteiger partial charge >= 0.3 is 14.8 Å². The van der Waals surface area contributed by atoms with E-state index in [1.54, 1.807) is 0 Å². The van der Waals surface area contributed by atoms with Gasteiger partial charge in [-0.25, -0.2) is 0 Å². The number of rotatable bonds is 3. The quantitative estimate of drug-likeness (QED) is 0.442. The van der Waals surface area contributed by atoms with Crippen LogP contribution in [0.4, 0.5) is 0 Å². The predicted octanol–water partition coefficient (Wildman–Crippen LogP) is 1.81. The normalized spacial score (nSPS) is 11.5. The molecule has 4 rings (SSSR count). The molecule has 0 fully saturated rings. The molecular weight excluding hydrogens is 262 g/mol. The zero-order valence-corrected chi connectivity index (χ0v) is 11.2. The fraction of sp³-hybridized carbons (Fsp3) is 0. The first-order chi connectivity index (χ1) is 10.3. The minimum absolute atomic E-state index is 0.509. The van der Waals surface area contributed by atoms with E-state index in [2.05, 4.69) is 30.3 Å². The molecule has 0 aliphatic carbocycles. The summed E-state index contributed by atoms with van der Waals surface area (Å²) in [4.78, 5) is 0. The van der Waals surface area contributed by atoms with Crippen molar-refractivity contribution in [3.8, 4) is 0 Å². The third-order valence-electron chi connectivity index (χ3n) is 3.96. The Morgan fingerprint density at radius 2 is 1.33 bits per heavy atom. The lowest BCUT2D eigenvalue weighted by atomic mass is 9.76. The zero-order chi connectivity index (χ0) is 14.4. The van der Waals surface area contributed by atoms with Crippen LogP contribution in [0, 0.1) is 0 Å². The highest BCUT2D eigenvalue weighted by molar-refractivity contribution is 6.64. The van der Waals surface area contributed by atoms with Gasteiger partial charge in [-0.1, -0.05) is 54.6 Å². The molecule has 0 aromatic heterocycles. The van der Waals surface area contributed by atoms with Gasteiger partial charge in [0.25, 0.3) is 0 Å². The summed E-state index contributed by atoms with van der Waals surface area (Å²) in [6, 6.07) is 18.3. The fourth-order valence-electron chi connectivity index (χ4n) is 3.06. The first kappa shape index (κ1) is 12.7. The molecule has 0 atom stereocenters. The van der Waals surface area contributed by atoms with Crippen LogP contribution < -0.4 is 5.46 Å². The van der Waals surface area contributed by atoms with E-state index in [4.69, 9.17) is 9.60 Å². The number of hydrogen-bond donors (Lipinski definition) is 2. The molecule has 4 aromatic rings. The maximum absolute atomic E-state index is 9.89. The van der Waals surface area contributed by atoms with E-state index in [0.29, 0.717) is 13.1 Å². The molecule has 0 bridgehead atoms. The Morgan fingerprint density at radius 3 is 1.90 bits per heavy atom. The van der Waals surface area contributed by atoms with Crippen LogP contribution in [0.2, 0.25) is 0 Å². The zero-order valence-electron chi connectivity index (χ0n) is 11.2. The summed E-state index contributed by atoms with van der Waals surface area (Å²) in [5.41, 5.74) is 0.617. The number of hydrogen-bond acceptors (Lipinski definition) is 3. The maximum Gasteiger partial charge on any atom is 0.477 e. The fourth-order valence-corrected chi connectivity index (χ4v) is 3.06. The van der Waals surface area contributed by atoms with Gasteiger partial charge < -0.3 is 14.6 Å². The van der Waals surface area contributed by atoms with Gasteiger partial charge in [-0.15, -0.1) is 0 Å². The lowest BCUT2D eigenvalue weighted by molar-refractivity contribution is 0.393. The largest absolute Gasteiger partial charge is 0.477 e.